The largest absolute Gasteiger partial charge is 0.379 e. The van der Waals surface area contributed by atoms with Crippen LogP contribution in [0.1, 0.15) is 36.0 Å². The smallest absolute Gasteiger partial charge is 0.251 e. The molecule has 0 bridgehead atoms. The number of piperidine rings is 1. The zero-order chi connectivity index (χ0) is 22.1. The van der Waals surface area contributed by atoms with Gasteiger partial charge in [0.05, 0.1) is 13.2 Å². The standard InChI is InChI=1S/C22H31FN4O4/c23-18-7-5-17(6-8-18)21(29)24-9-1-4-20(28)25-19-3-2-10-27(22(19)30)12-11-26-13-15-31-16-14-26/h5-8,19H,1-4,9-16H2,(H,24,29)(H,25,28). The molecule has 3 rings (SSSR count). The van der Waals surface area contributed by atoms with E-state index in [0.29, 0.717) is 31.5 Å². The highest BCUT2D eigenvalue weighted by molar-refractivity contribution is 5.94. The topological polar surface area (TPSA) is 91.0 Å². The number of hydrogen-bond donors (Lipinski definition) is 2. The van der Waals surface area contributed by atoms with Crippen molar-refractivity contribution in [3.63, 3.8) is 0 Å². The third-order valence-corrected chi connectivity index (χ3v) is 5.63. The highest BCUT2D eigenvalue weighted by Gasteiger charge is 2.29. The third kappa shape index (κ3) is 7.29. The van der Waals surface area contributed by atoms with Crippen molar-refractivity contribution in [1.82, 2.24) is 20.4 Å². The molecule has 2 N–H and O–H groups in total. The number of benzene rings is 1. The Labute approximate surface area is 182 Å². The number of halogens is 1. The van der Waals surface area contributed by atoms with Crippen LogP contribution in [-0.4, -0.2) is 86.0 Å². The van der Waals surface area contributed by atoms with Crippen molar-refractivity contribution in [1.29, 1.82) is 0 Å². The van der Waals surface area contributed by atoms with E-state index < -0.39 is 11.9 Å². The number of nitrogens with one attached hydrogen (secondary N) is 2. The van der Waals surface area contributed by atoms with Crippen molar-refractivity contribution in [2.75, 3.05) is 52.5 Å². The summed E-state index contributed by atoms with van der Waals surface area (Å²) < 4.78 is 18.3. The summed E-state index contributed by atoms with van der Waals surface area (Å²) in [6, 6.07) is 4.81. The minimum Gasteiger partial charge on any atom is -0.379 e. The van der Waals surface area contributed by atoms with Crippen LogP contribution in [0, 0.1) is 5.82 Å². The molecule has 1 aromatic rings. The van der Waals surface area contributed by atoms with E-state index in [1.165, 1.54) is 24.3 Å². The maximum absolute atomic E-state index is 12.9. The molecule has 0 radical (unpaired) electrons. The predicted octanol–water partition coefficient (Wildman–Crippen LogP) is 0.775. The number of rotatable bonds is 9. The Balaban J connectivity index is 1.33. The second kappa shape index (κ2) is 11.8. The van der Waals surface area contributed by atoms with Gasteiger partial charge in [0.25, 0.3) is 5.91 Å². The summed E-state index contributed by atoms with van der Waals surface area (Å²) in [5.41, 5.74) is 0.371. The SMILES string of the molecule is O=C(CCCNC(=O)c1ccc(F)cc1)NC1CCCN(CCN2CCOCC2)C1=O. The fourth-order valence-corrected chi connectivity index (χ4v) is 3.80. The molecule has 1 unspecified atom stereocenters. The zero-order valence-electron chi connectivity index (χ0n) is 17.8. The highest BCUT2D eigenvalue weighted by atomic mass is 19.1. The average molecular weight is 435 g/mol. The number of morpholine rings is 1. The molecular weight excluding hydrogens is 403 g/mol. The zero-order valence-corrected chi connectivity index (χ0v) is 17.8. The molecule has 0 aromatic heterocycles. The van der Waals surface area contributed by atoms with Crippen LogP contribution in [-0.2, 0) is 14.3 Å². The predicted molar refractivity (Wildman–Crippen MR) is 113 cm³/mol. The molecule has 0 aliphatic carbocycles. The van der Waals surface area contributed by atoms with Crippen molar-refractivity contribution >= 4 is 17.7 Å². The van der Waals surface area contributed by atoms with Gasteiger partial charge in [0.15, 0.2) is 0 Å². The Morgan fingerprint density at radius 1 is 1.10 bits per heavy atom. The van der Waals surface area contributed by atoms with Crippen molar-refractivity contribution in [3.05, 3.63) is 35.6 Å². The second-order valence-corrected chi connectivity index (χ2v) is 7.91. The lowest BCUT2D eigenvalue weighted by atomic mass is 10.0. The van der Waals surface area contributed by atoms with Crippen molar-refractivity contribution in [2.24, 2.45) is 0 Å². The van der Waals surface area contributed by atoms with Crippen LogP contribution in [0.2, 0.25) is 0 Å². The lowest BCUT2D eigenvalue weighted by molar-refractivity contribution is -0.139. The van der Waals surface area contributed by atoms with Gasteiger partial charge in [-0.25, -0.2) is 4.39 Å². The molecule has 0 saturated carbocycles. The molecule has 2 aliphatic heterocycles. The normalized spacial score (nSPS) is 19.8. The van der Waals surface area contributed by atoms with Crippen LogP contribution in [0.15, 0.2) is 24.3 Å². The molecule has 2 fully saturated rings. The van der Waals surface area contributed by atoms with E-state index in [2.05, 4.69) is 15.5 Å². The maximum Gasteiger partial charge on any atom is 0.251 e. The number of hydrogen-bond acceptors (Lipinski definition) is 5. The van der Waals surface area contributed by atoms with Crippen LogP contribution in [0.4, 0.5) is 4.39 Å². The molecule has 9 heteroatoms. The molecule has 2 saturated heterocycles. The molecule has 1 atom stereocenters. The molecule has 0 spiro atoms. The van der Waals surface area contributed by atoms with E-state index in [9.17, 15) is 18.8 Å². The molecule has 170 valence electrons. The first-order chi connectivity index (χ1) is 15.0. The summed E-state index contributed by atoms with van der Waals surface area (Å²) in [4.78, 5) is 41.1. The lowest BCUT2D eigenvalue weighted by Gasteiger charge is -2.35. The van der Waals surface area contributed by atoms with Gasteiger partial charge < -0.3 is 20.3 Å². The first kappa shape index (κ1) is 23.1. The first-order valence-electron chi connectivity index (χ1n) is 10.9. The van der Waals surface area contributed by atoms with Crippen LogP contribution in [0.5, 0.6) is 0 Å². The first-order valence-corrected chi connectivity index (χ1v) is 10.9. The van der Waals surface area contributed by atoms with E-state index in [0.717, 1.165) is 45.8 Å². The molecule has 2 heterocycles. The van der Waals surface area contributed by atoms with E-state index >= 15 is 0 Å². The number of amides is 3. The fourth-order valence-electron chi connectivity index (χ4n) is 3.80. The van der Waals surface area contributed by atoms with Crippen LogP contribution < -0.4 is 10.6 Å². The minimum atomic E-state index is -0.472. The van der Waals surface area contributed by atoms with Gasteiger partial charge in [-0.1, -0.05) is 0 Å². The van der Waals surface area contributed by atoms with E-state index in [1.807, 2.05) is 4.90 Å². The van der Waals surface area contributed by atoms with Crippen LogP contribution in [0.3, 0.4) is 0 Å². The van der Waals surface area contributed by atoms with Crippen molar-refractivity contribution < 1.29 is 23.5 Å². The number of nitrogens with zero attached hydrogens (tertiary/aromatic N) is 2. The molecular formula is C22H31FN4O4. The summed E-state index contributed by atoms with van der Waals surface area (Å²) in [5.74, 6) is -0.911. The summed E-state index contributed by atoms with van der Waals surface area (Å²) in [6.45, 7) is 5.79. The van der Waals surface area contributed by atoms with Gasteiger partial charge in [0.2, 0.25) is 11.8 Å². The Hall–Kier alpha value is -2.52. The van der Waals surface area contributed by atoms with Gasteiger partial charge in [-0.3, -0.25) is 19.3 Å². The number of likely N-dealkylation sites (tertiary alicyclic amines) is 1. The summed E-state index contributed by atoms with van der Waals surface area (Å²) in [6.07, 6.45) is 2.20. The summed E-state index contributed by atoms with van der Waals surface area (Å²) in [5, 5.41) is 5.56. The maximum atomic E-state index is 12.9. The summed E-state index contributed by atoms with van der Waals surface area (Å²) in [7, 11) is 0. The number of carbonyl (C=O) groups excluding carboxylic acids is 3. The van der Waals surface area contributed by atoms with E-state index in [-0.39, 0.29) is 24.1 Å². The third-order valence-electron chi connectivity index (χ3n) is 5.63. The van der Waals surface area contributed by atoms with Gasteiger partial charge in [0, 0.05) is 51.3 Å². The van der Waals surface area contributed by atoms with Crippen molar-refractivity contribution in [2.45, 2.75) is 31.7 Å². The lowest BCUT2D eigenvalue weighted by Crippen LogP contribution is -2.54. The van der Waals surface area contributed by atoms with Gasteiger partial charge in [-0.05, 0) is 43.5 Å². The average Bonchev–Trinajstić information content (AvgIpc) is 2.78. The summed E-state index contributed by atoms with van der Waals surface area (Å²) >= 11 is 0. The van der Waals surface area contributed by atoms with Crippen molar-refractivity contribution in [3.8, 4) is 0 Å². The van der Waals surface area contributed by atoms with Gasteiger partial charge in [-0.2, -0.15) is 0 Å². The van der Waals surface area contributed by atoms with Gasteiger partial charge in [0.1, 0.15) is 11.9 Å². The van der Waals surface area contributed by atoms with Crippen LogP contribution >= 0.6 is 0 Å². The monoisotopic (exact) mass is 434 g/mol. The molecule has 2 aliphatic rings. The Bertz CT molecular complexity index is 752. The Kier molecular flexibility index (Phi) is 8.78. The van der Waals surface area contributed by atoms with Crippen LogP contribution in [0.25, 0.3) is 0 Å². The Morgan fingerprint density at radius 2 is 1.84 bits per heavy atom. The molecule has 3 amide bonds. The van der Waals surface area contributed by atoms with E-state index in [4.69, 9.17) is 4.74 Å². The fraction of sp³-hybridized carbons (Fsp3) is 0.591. The number of ether oxygens (including phenoxy) is 1. The van der Waals surface area contributed by atoms with Gasteiger partial charge in [-0.15, -0.1) is 0 Å². The Morgan fingerprint density at radius 3 is 2.58 bits per heavy atom. The van der Waals surface area contributed by atoms with E-state index in [1.54, 1.807) is 0 Å². The second-order valence-electron chi connectivity index (χ2n) is 7.91. The molecule has 8 nitrogen and oxygen atoms in total. The quantitative estimate of drug-likeness (QED) is 0.561. The number of carbonyl (C=O) groups is 3. The molecule has 31 heavy (non-hydrogen) atoms. The molecule has 1 aromatic carbocycles. The minimum absolute atomic E-state index is 0.0162. The van der Waals surface area contributed by atoms with Gasteiger partial charge >= 0.3 is 0 Å². The highest BCUT2D eigenvalue weighted by Crippen LogP contribution is 2.12.